The van der Waals surface area contributed by atoms with Crippen LogP contribution in [0.3, 0.4) is 0 Å². The van der Waals surface area contributed by atoms with Crippen molar-refractivity contribution >= 4 is 39.8 Å². The number of halogens is 1. The van der Waals surface area contributed by atoms with Crippen molar-refractivity contribution in [2.75, 3.05) is 4.90 Å². The van der Waals surface area contributed by atoms with E-state index in [1.165, 1.54) is 0 Å². The number of para-hydroxylation sites is 2. The van der Waals surface area contributed by atoms with Gasteiger partial charge in [-0.2, -0.15) is 0 Å². The smallest absolute Gasteiger partial charge is 0.262 e. The molecule has 0 saturated heterocycles. The fraction of sp³-hybridized carbons (Fsp3) is 0. The molecule has 0 saturated carbocycles. The van der Waals surface area contributed by atoms with Crippen LogP contribution in [0.1, 0.15) is 10.4 Å². The fourth-order valence-electron chi connectivity index (χ4n) is 2.96. The first kappa shape index (κ1) is 16.3. The van der Waals surface area contributed by atoms with Crippen LogP contribution in [0.15, 0.2) is 91.1 Å². The minimum absolute atomic E-state index is 0.156. The molecule has 1 heterocycles. The van der Waals surface area contributed by atoms with Gasteiger partial charge in [-0.3, -0.25) is 14.7 Å². The lowest BCUT2D eigenvalue weighted by molar-refractivity contribution is 0.0999. The van der Waals surface area contributed by atoms with Crippen LogP contribution in [0.5, 0.6) is 0 Å². The maximum absolute atomic E-state index is 13.4. The maximum atomic E-state index is 13.4. The Morgan fingerprint density at radius 3 is 2.42 bits per heavy atom. The second-order valence-corrected chi connectivity index (χ2v) is 6.28. The lowest BCUT2D eigenvalue weighted by Gasteiger charge is -2.24. The molecule has 4 heteroatoms. The molecule has 0 unspecified atom stereocenters. The van der Waals surface area contributed by atoms with E-state index in [0.29, 0.717) is 10.6 Å². The molecule has 0 N–H and O–H groups in total. The summed E-state index contributed by atoms with van der Waals surface area (Å²) in [6.45, 7) is 0. The van der Waals surface area contributed by atoms with Crippen molar-refractivity contribution in [3.63, 3.8) is 0 Å². The number of carbonyl (C=O) groups excluding carboxylic acids is 1. The van der Waals surface area contributed by atoms with Crippen LogP contribution in [-0.4, -0.2) is 10.9 Å². The molecule has 0 fully saturated rings. The number of fused-ring (bicyclic) bond motifs is 1. The minimum Gasteiger partial charge on any atom is -0.275 e. The number of nitrogens with zero attached hydrogens (tertiary/aromatic N) is 2. The molecule has 3 nitrogen and oxygen atoms in total. The van der Waals surface area contributed by atoms with Crippen LogP contribution in [0.2, 0.25) is 5.02 Å². The van der Waals surface area contributed by atoms with Crippen molar-refractivity contribution in [2.45, 2.75) is 0 Å². The molecule has 1 amide bonds. The number of hydrogen-bond donors (Lipinski definition) is 0. The van der Waals surface area contributed by atoms with Gasteiger partial charge in [0.25, 0.3) is 5.91 Å². The molecule has 0 aliphatic carbocycles. The van der Waals surface area contributed by atoms with E-state index in [0.717, 1.165) is 22.3 Å². The summed E-state index contributed by atoms with van der Waals surface area (Å²) in [4.78, 5) is 19.6. The van der Waals surface area contributed by atoms with Gasteiger partial charge in [0.2, 0.25) is 0 Å². The molecule has 26 heavy (non-hydrogen) atoms. The Balaban J connectivity index is 1.93. The van der Waals surface area contributed by atoms with Crippen LogP contribution in [0.4, 0.5) is 11.4 Å². The standard InChI is InChI=1S/C22H15ClN2O/c23-18-10-4-8-17(15-18)22(26)25(19-11-2-1-3-12-19)20-13-5-7-16-9-6-14-24-21(16)20/h1-15H. The van der Waals surface area contributed by atoms with Crippen molar-refractivity contribution in [3.05, 3.63) is 102 Å². The van der Waals surface area contributed by atoms with E-state index < -0.39 is 0 Å². The predicted molar refractivity (Wildman–Crippen MR) is 106 cm³/mol. The van der Waals surface area contributed by atoms with E-state index in [-0.39, 0.29) is 5.91 Å². The van der Waals surface area contributed by atoms with Gasteiger partial charge >= 0.3 is 0 Å². The Kier molecular flexibility index (Phi) is 4.38. The second kappa shape index (κ2) is 6.98. The molecule has 0 radical (unpaired) electrons. The van der Waals surface area contributed by atoms with Crippen molar-refractivity contribution in [3.8, 4) is 0 Å². The number of hydrogen-bond acceptors (Lipinski definition) is 2. The monoisotopic (exact) mass is 358 g/mol. The van der Waals surface area contributed by atoms with E-state index in [9.17, 15) is 4.79 Å². The quantitative estimate of drug-likeness (QED) is 0.459. The highest BCUT2D eigenvalue weighted by molar-refractivity contribution is 6.31. The largest absolute Gasteiger partial charge is 0.275 e. The summed E-state index contributed by atoms with van der Waals surface area (Å²) in [7, 11) is 0. The average molecular weight is 359 g/mol. The molecule has 0 spiro atoms. The molecule has 1 aromatic heterocycles. The van der Waals surface area contributed by atoms with Crippen molar-refractivity contribution in [1.82, 2.24) is 4.98 Å². The Labute approximate surface area is 156 Å². The van der Waals surface area contributed by atoms with Crippen LogP contribution >= 0.6 is 11.6 Å². The van der Waals surface area contributed by atoms with Gasteiger partial charge in [0, 0.05) is 27.9 Å². The lowest BCUT2D eigenvalue weighted by atomic mass is 10.1. The summed E-state index contributed by atoms with van der Waals surface area (Å²) < 4.78 is 0. The molecule has 0 aliphatic heterocycles. The Hall–Kier alpha value is -3.17. The highest BCUT2D eigenvalue weighted by Gasteiger charge is 2.22. The fourth-order valence-corrected chi connectivity index (χ4v) is 3.15. The van der Waals surface area contributed by atoms with Gasteiger partial charge in [-0.05, 0) is 42.5 Å². The zero-order valence-corrected chi connectivity index (χ0v) is 14.6. The maximum Gasteiger partial charge on any atom is 0.262 e. The Morgan fingerprint density at radius 2 is 1.62 bits per heavy atom. The van der Waals surface area contributed by atoms with Gasteiger partial charge in [0.15, 0.2) is 0 Å². The summed E-state index contributed by atoms with van der Waals surface area (Å²) in [5.41, 5.74) is 2.80. The predicted octanol–water partition coefficient (Wildman–Crippen LogP) is 5.87. The number of benzene rings is 3. The lowest BCUT2D eigenvalue weighted by Crippen LogP contribution is -2.26. The minimum atomic E-state index is -0.156. The summed E-state index contributed by atoms with van der Waals surface area (Å²) in [5, 5.41) is 1.50. The third kappa shape index (κ3) is 3.05. The zero-order chi connectivity index (χ0) is 17.9. The highest BCUT2D eigenvalue weighted by atomic mass is 35.5. The normalized spacial score (nSPS) is 10.7. The molecular formula is C22H15ClN2O. The van der Waals surface area contributed by atoms with Crippen LogP contribution in [0.25, 0.3) is 10.9 Å². The third-order valence-electron chi connectivity index (χ3n) is 4.14. The van der Waals surface area contributed by atoms with Gasteiger partial charge in [-0.1, -0.05) is 54.1 Å². The Morgan fingerprint density at radius 1 is 0.846 bits per heavy atom. The number of amides is 1. The summed E-state index contributed by atoms with van der Waals surface area (Å²) >= 11 is 6.10. The highest BCUT2D eigenvalue weighted by Crippen LogP contribution is 2.32. The van der Waals surface area contributed by atoms with Gasteiger partial charge in [-0.25, -0.2) is 0 Å². The number of anilines is 2. The first-order chi connectivity index (χ1) is 12.7. The molecule has 4 aromatic rings. The molecule has 4 rings (SSSR count). The van der Waals surface area contributed by atoms with E-state index in [1.54, 1.807) is 35.4 Å². The van der Waals surface area contributed by atoms with Crippen LogP contribution in [-0.2, 0) is 0 Å². The molecule has 0 aliphatic rings. The summed E-state index contributed by atoms with van der Waals surface area (Å²) in [5.74, 6) is -0.156. The molecule has 126 valence electrons. The molecule has 3 aromatic carbocycles. The first-order valence-electron chi connectivity index (χ1n) is 8.23. The number of rotatable bonds is 3. The SMILES string of the molecule is O=C(c1cccc(Cl)c1)N(c1ccccc1)c1cccc2cccnc12. The van der Waals surface area contributed by atoms with Gasteiger partial charge in [-0.15, -0.1) is 0 Å². The van der Waals surface area contributed by atoms with Crippen LogP contribution in [0, 0.1) is 0 Å². The van der Waals surface area contributed by atoms with E-state index in [2.05, 4.69) is 4.98 Å². The third-order valence-corrected chi connectivity index (χ3v) is 4.38. The van der Waals surface area contributed by atoms with Gasteiger partial charge < -0.3 is 0 Å². The first-order valence-corrected chi connectivity index (χ1v) is 8.61. The number of carbonyl (C=O) groups is 1. The number of aromatic nitrogens is 1. The molecular weight excluding hydrogens is 344 g/mol. The summed E-state index contributed by atoms with van der Waals surface area (Å²) in [6, 6.07) is 26.2. The van der Waals surface area contributed by atoms with Gasteiger partial charge in [0.1, 0.15) is 0 Å². The number of pyridine rings is 1. The Bertz CT molecular complexity index is 1070. The molecule has 0 bridgehead atoms. The average Bonchev–Trinajstić information content (AvgIpc) is 2.69. The topological polar surface area (TPSA) is 33.2 Å². The van der Waals surface area contributed by atoms with Gasteiger partial charge in [0.05, 0.1) is 11.2 Å². The molecule has 0 atom stereocenters. The van der Waals surface area contributed by atoms with E-state index in [1.807, 2.05) is 60.7 Å². The van der Waals surface area contributed by atoms with Crippen molar-refractivity contribution in [1.29, 1.82) is 0 Å². The van der Waals surface area contributed by atoms with Crippen molar-refractivity contribution < 1.29 is 4.79 Å². The van der Waals surface area contributed by atoms with E-state index in [4.69, 9.17) is 11.6 Å². The van der Waals surface area contributed by atoms with Crippen molar-refractivity contribution in [2.24, 2.45) is 0 Å². The zero-order valence-electron chi connectivity index (χ0n) is 13.8. The summed E-state index contributed by atoms with van der Waals surface area (Å²) in [6.07, 6.45) is 1.73. The van der Waals surface area contributed by atoms with Crippen LogP contribution < -0.4 is 4.90 Å². The van der Waals surface area contributed by atoms with E-state index >= 15 is 0 Å². The second-order valence-electron chi connectivity index (χ2n) is 5.84.